The average Bonchev–Trinajstić information content (AvgIpc) is 2.72. The number of unbranched alkanes of at least 4 members (excludes halogenated alkanes) is 1. The molecule has 0 bridgehead atoms. The predicted octanol–water partition coefficient (Wildman–Crippen LogP) is 2.15. The second-order valence-corrected chi connectivity index (χ2v) is 4.85. The first-order chi connectivity index (χ1) is 9.65. The molecule has 1 saturated heterocycles. The molecule has 5 nitrogen and oxygen atoms in total. The van der Waals surface area contributed by atoms with Gasteiger partial charge in [-0.15, -0.1) is 0 Å². The Morgan fingerprint density at radius 3 is 2.60 bits per heavy atom. The third kappa shape index (κ3) is 2.25. The van der Waals surface area contributed by atoms with Crippen molar-refractivity contribution in [2.24, 2.45) is 0 Å². The summed E-state index contributed by atoms with van der Waals surface area (Å²) in [7, 11) is 0. The van der Waals surface area contributed by atoms with Crippen LogP contribution in [-0.2, 0) is 10.3 Å². The Kier molecular flexibility index (Phi) is 4.04. The molecule has 20 heavy (non-hydrogen) atoms. The molecule has 0 spiro atoms. The molecule has 1 aliphatic heterocycles. The van der Waals surface area contributed by atoms with E-state index in [1.807, 2.05) is 43.3 Å². The molecule has 5 heteroatoms. The van der Waals surface area contributed by atoms with Crippen LogP contribution >= 0.6 is 0 Å². The van der Waals surface area contributed by atoms with E-state index in [9.17, 15) is 9.59 Å². The zero-order valence-corrected chi connectivity index (χ0v) is 11.4. The summed E-state index contributed by atoms with van der Waals surface area (Å²) in [6.07, 6.45) is 2.29. The van der Waals surface area contributed by atoms with E-state index in [1.54, 1.807) is 0 Å². The lowest BCUT2D eigenvalue weighted by Gasteiger charge is -2.27. The van der Waals surface area contributed by atoms with Crippen molar-refractivity contribution in [1.82, 2.24) is 10.2 Å². The third-order valence-electron chi connectivity index (χ3n) is 3.58. The van der Waals surface area contributed by atoms with Gasteiger partial charge in [-0.05, 0) is 12.0 Å². The first-order valence-corrected chi connectivity index (χ1v) is 6.72. The summed E-state index contributed by atoms with van der Waals surface area (Å²) in [6, 6.07) is 10.6. The first-order valence-electron chi connectivity index (χ1n) is 6.72. The monoisotopic (exact) mass is 271 g/mol. The smallest absolute Gasteiger partial charge is 0.319 e. The summed E-state index contributed by atoms with van der Waals surface area (Å²) in [5.41, 5.74) is -0.252. The molecule has 1 aromatic rings. The molecule has 1 N–H and O–H groups in total. The summed E-state index contributed by atoms with van der Waals surface area (Å²) >= 11 is 0. The van der Waals surface area contributed by atoms with Gasteiger partial charge in [0.1, 0.15) is 12.1 Å². The number of carbonyl (C=O) groups excluding carboxylic acids is 2. The third-order valence-corrected chi connectivity index (χ3v) is 3.58. The van der Waals surface area contributed by atoms with Crippen LogP contribution in [0, 0.1) is 11.3 Å². The molecule has 0 aliphatic carbocycles. The van der Waals surface area contributed by atoms with E-state index in [-0.39, 0.29) is 12.5 Å². The second-order valence-electron chi connectivity index (χ2n) is 4.85. The molecule has 104 valence electrons. The molecule has 0 aromatic heterocycles. The lowest BCUT2D eigenvalue weighted by molar-refractivity contribution is -0.131. The van der Waals surface area contributed by atoms with Gasteiger partial charge in [0.25, 0.3) is 5.91 Å². The van der Waals surface area contributed by atoms with E-state index in [4.69, 9.17) is 5.26 Å². The van der Waals surface area contributed by atoms with Crippen LogP contribution in [-0.4, -0.2) is 23.4 Å². The van der Waals surface area contributed by atoms with Crippen molar-refractivity contribution in [3.63, 3.8) is 0 Å². The highest BCUT2D eigenvalue weighted by atomic mass is 16.2. The van der Waals surface area contributed by atoms with Gasteiger partial charge in [-0.1, -0.05) is 50.1 Å². The van der Waals surface area contributed by atoms with Crippen molar-refractivity contribution in [1.29, 1.82) is 5.26 Å². The summed E-state index contributed by atoms with van der Waals surface area (Å²) in [5.74, 6) is -0.330. The maximum atomic E-state index is 12.6. The first kappa shape index (κ1) is 14.1. The molecule has 1 fully saturated rings. The fourth-order valence-corrected chi connectivity index (χ4v) is 2.51. The van der Waals surface area contributed by atoms with Crippen LogP contribution in [0.3, 0.4) is 0 Å². The van der Waals surface area contributed by atoms with Crippen molar-refractivity contribution < 1.29 is 9.59 Å². The van der Waals surface area contributed by atoms with Crippen LogP contribution in [0.1, 0.15) is 31.7 Å². The number of hydrogen-bond donors (Lipinski definition) is 1. The molecule has 1 atom stereocenters. The molecule has 0 saturated carbocycles. The fraction of sp³-hybridized carbons (Fsp3) is 0.400. The quantitative estimate of drug-likeness (QED) is 0.658. The number of imide groups is 1. The molecule has 1 aliphatic rings. The number of nitrogens with zero attached hydrogens (tertiary/aromatic N) is 2. The van der Waals surface area contributed by atoms with Crippen LogP contribution in [0.5, 0.6) is 0 Å². The van der Waals surface area contributed by atoms with Crippen molar-refractivity contribution in [3.05, 3.63) is 35.9 Å². The number of urea groups is 1. The maximum Gasteiger partial charge on any atom is 0.326 e. The second kappa shape index (κ2) is 5.74. The standard InChI is InChI=1S/C15H17N3O2/c1-2-3-9-15(12-7-5-4-6-8-12)13(19)18(11-10-16)14(20)17-15/h4-8H,2-3,9,11H2,1H3,(H,17,20). The number of amides is 3. The number of nitrogens with one attached hydrogen (secondary N) is 1. The largest absolute Gasteiger partial charge is 0.326 e. The summed E-state index contributed by atoms with van der Waals surface area (Å²) in [6.45, 7) is 1.82. The van der Waals surface area contributed by atoms with Crippen LogP contribution in [0.25, 0.3) is 0 Å². The zero-order chi connectivity index (χ0) is 14.6. The van der Waals surface area contributed by atoms with Gasteiger partial charge in [0.2, 0.25) is 0 Å². The van der Waals surface area contributed by atoms with Crippen molar-refractivity contribution in [2.45, 2.75) is 31.7 Å². The molecule has 1 heterocycles. The van der Waals surface area contributed by atoms with Gasteiger partial charge in [-0.25, -0.2) is 9.69 Å². The Balaban J connectivity index is 2.42. The molecule has 1 aromatic carbocycles. The van der Waals surface area contributed by atoms with Gasteiger partial charge >= 0.3 is 6.03 Å². The van der Waals surface area contributed by atoms with E-state index < -0.39 is 11.6 Å². The summed E-state index contributed by atoms with van der Waals surface area (Å²) in [4.78, 5) is 25.6. The Bertz CT molecular complexity index is 550. The topological polar surface area (TPSA) is 73.2 Å². The van der Waals surface area contributed by atoms with Crippen molar-refractivity contribution >= 4 is 11.9 Å². The number of carbonyl (C=O) groups is 2. The molecular weight excluding hydrogens is 254 g/mol. The Labute approximate surface area is 118 Å². The lowest BCUT2D eigenvalue weighted by atomic mass is 9.85. The van der Waals surface area contributed by atoms with Crippen LogP contribution in [0.4, 0.5) is 4.79 Å². The van der Waals surface area contributed by atoms with Crippen LogP contribution in [0.2, 0.25) is 0 Å². The van der Waals surface area contributed by atoms with E-state index in [2.05, 4.69) is 5.32 Å². The molecule has 0 radical (unpaired) electrons. The Morgan fingerprint density at radius 1 is 1.30 bits per heavy atom. The number of nitriles is 1. The van der Waals surface area contributed by atoms with Gasteiger partial charge in [-0.3, -0.25) is 4.79 Å². The minimum atomic E-state index is -1.02. The van der Waals surface area contributed by atoms with Crippen molar-refractivity contribution in [3.8, 4) is 6.07 Å². The minimum absolute atomic E-state index is 0.217. The molecule has 2 rings (SSSR count). The summed E-state index contributed by atoms with van der Waals surface area (Å²) < 4.78 is 0. The zero-order valence-electron chi connectivity index (χ0n) is 11.4. The van der Waals surface area contributed by atoms with E-state index in [0.717, 1.165) is 23.3 Å². The van der Waals surface area contributed by atoms with Gasteiger partial charge in [0, 0.05) is 0 Å². The highest BCUT2D eigenvalue weighted by molar-refractivity contribution is 6.07. The van der Waals surface area contributed by atoms with Gasteiger partial charge in [-0.2, -0.15) is 5.26 Å². The van der Waals surface area contributed by atoms with E-state index >= 15 is 0 Å². The maximum absolute atomic E-state index is 12.6. The van der Waals surface area contributed by atoms with Gasteiger partial charge in [0.05, 0.1) is 6.07 Å². The normalized spacial score (nSPS) is 21.7. The fourth-order valence-electron chi connectivity index (χ4n) is 2.51. The molecule has 3 amide bonds. The average molecular weight is 271 g/mol. The highest BCUT2D eigenvalue weighted by Crippen LogP contribution is 2.33. The van der Waals surface area contributed by atoms with Gasteiger partial charge < -0.3 is 5.32 Å². The van der Waals surface area contributed by atoms with Gasteiger partial charge in [0.15, 0.2) is 0 Å². The predicted molar refractivity (Wildman–Crippen MR) is 73.5 cm³/mol. The van der Waals surface area contributed by atoms with Crippen LogP contribution in [0.15, 0.2) is 30.3 Å². The molecule has 1 unspecified atom stereocenters. The van der Waals surface area contributed by atoms with E-state index in [0.29, 0.717) is 6.42 Å². The number of benzene rings is 1. The van der Waals surface area contributed by atoms with E-state index in [1.165, 1.54) is 0 Å². The van der Waals surface area contributed by atoms with Crippen molar-refractivity contribution in [2.75, 3.05) is 6.54 Å². The minimum Gasteiger partial charge on any atom is -0.319 e. The molecular formula is C15H17N3O2. The summed E-state index contributed by atoms with van der Waals surface area (Å²) in [5, 5.41) is 11.5. The Hall–Kier alpha value is -2.35. The van der Waals surface area contributed by atoms with Crippen LogP contribution < -0.4 is 5.32 Å². The number of hydrogen-bond acceptors (Lipinski definition) is 3. The number of rotatable bonds is 5. The Morgan fingerprint density at radius 2 is 2.00 bits per heavy atom. The lowest BCUT2D eigenvalue weighted by Crippen LogP contribution is -2.44. The SMILES string of the molecule is CCCCC1(c2ccccc2)NC(=O)N(CC#N)C1=O. The highest BCUT2D eigenvalue weighted by Gasteiger charge is 2.51.